The SMILES string of the molecule is CC(C)[C@@H](NC(=O)[C@H](C)NC(=O)COc1ccc([C@]2(c3ccc(F)cc3)NC(=O)[C@@H]2SCC(O)c2ccc(F)cc2)cc1)C(=O)O. The van der Waals surface area contributed by atoms with Crippen LogP contribution in [0.5, 0.6) is 5.75 Å². The Morgan fingerprint density at radius 3 is 1.98 bits per heavy atom. The Hall–Kier alpha value is -4.49. The molecular formula is C33H35F2N3O7S. The average Bonchev–Trinajstić information content (AvgIpc) is 3.01. The first-order valence-corrected chi connectivity index (χ1v) is 15.6. The summed E-state index contributed by atoms with van der Waals surface area (Å²) < 4.78 is 32.8. The number of thioether (sulfide) groups is 1. The number of aliphatic carboxylic acids is 1. The maximum atomic E-state index is 13.8. The van der Waals surface area contributed by atoms with Gasteiger partial charge in [-0.15, -0.1) is 11.8 Å². The lowest BCUT2D eigenvalue weighted by atomic mass is 9.74. The molecule has 5 atom stereocenters. The van der Waals surface area contributed by atoms with Crippen LogP contribution in [-0.4, -0.2) is 63.6 Å². The van der Waals surface area contributed by atoms with E-state index in [2.05, 4.69) is 16.0 Å². The summed E-state index contributed by atoms with van der Waals surface area (Å²) in [5.74, 6) is -3.49. The molecule has 1 aliphatic rings. The average molecular weight is 656 g/mol. The molecule has 3 amide bonds. The van der Waals surface area contributed by atoms with Gasteiger partial charge in [0, 0.05) is 5.75 Å². The summed E-state index contributed by atoms with van der Waals surface area (Å²) in [6.07, 6.45) is -0.963. The van der Waals surface area contributed by atoms with Crippen LogP contribution in [0.2, 0.25) is 0 Å². The normalized spacial score (nSPS) is 19.3. The molecule has 3 aromatic carbocycles. The molecular weight excluding hydrogens is 620 g/mol. The van der Waals surface area contributed by atoms with Gasteiger partial charge < -0.3 is 30.9 Å². The summed E-state index contributed by atoms with van der Waals surface area (Å²) in [5, 5.41) is 27.1. The topological polar surface area (TPSA) is 154 Å². The van der Waals surface area contributed by atoms with E-state index in [0.29, 0.717) is 22.4 Å². The largest absolute Gasteiger partial charge is 0.484 e. The number of benzene rings is 3. The number of carboxylic acids is 1. The zero-order chi connectivity index (χ0) is 33.6. The van der Waals surface area contributed by atoms with Gasteiger partial charge in [-0.1, -0.05) is 50.2 Å². The van der Waals surface area contributed by atoms with Crippen molar-refractivity contribution in [3.05, 3.63) is 101 Å². The maximum absolute atomic E-state index is 13.8. The quantitative estimate of drug-likeness (QED) is 0.166. The van der Waals surface area contributed by atoms with E-state index in [-0.39, 0.29) is 17.6 Å². The third-order valence-electron chi connectivity index (χ3n) is 7.61. The van der Waals surface area contributed by atoms with Gasteiger partial charge in [-0.2, -0.15) is 0 Å². The van der Waals surface area contributed by atoms with Crippen LogP contribution in [0.3, 0.4) is 0 Å². The van der Waals surface area contributed by atoms with Crippen molar-refractivity contribution in [3.8, 4) is 5.75 Å². The first-order valence-electron chi connectivity index (χ1n) is 14.5. The fourth-order valence-electron chi connectivity index (χ4n) is 5.04. The first-order chi connectivity index (χ1) is 21.8. The number of carbonyl (C=O) groups is 4. The second-order valence-electron chi connectivity index (χ2n) is 11.3. The molecule has 46 heavy (non-hydrogen) atoms. The lowest BCUT2D eigenvalue weighted by Gasteiger charge is -2.50. The number of rotatable bonds is 14. The minimum absolute atomic E-state index is 0.133. The number of nitrogens with one attached hydrogen (secondary N) is 3. The van der Waals surface area contributed by atoms with Crippen molar-refractivity contribution >= 4 is 35.5 Å². The van der Waals surface area contributed by atoms with Crippen molar-refractivity contribution in [1.29, 1.82) is 0 Å². The lowest BCUT2D eigenvalue weighted by Crippen LogP contribution is -2.69. The summed E-state index contributed by atoms with van der Waals surface area (Å²) in [7, 11) is 0. The first kappa shape index (κ1) is 34.4. The van der Waals surface area contributed by atoms with Crippen molar-refractivity contribution in [2.45, 2.75) is 49.7 Å². The Labute approximate surface area is 268 Å². The van der Waals surface area contributed by atoms with Gasteiger partial charge in [0.1, 0.15) is 40.3 Å². The van der Waals surface area contributed by atoms with Gasteiger partial charge in [0.25, 0.3) is 5.91 Å². The van der Waals surface area contributed by atoms with Crippen LogP contribution in [-0.2, 0) is 24.7 Å². The van der Waals surface area contributed by atoms with Gasteiger partial charge in [-0.25, -0.2) is 13.6 Å². The van der Waals surface area contributed by atoms with Crippen LogP contribution in [0, 0.1) is 17.6 Å². The molecule has 4 rings (SSSR count). The molecule has 3 aromatic rings. The fourth-order valence-corrected chi connectivity index (χ4v) is 6.40. The number of aliphatic hydroxyl groups is 1. The second-order valence-corrected chi connectivity index (χ2v) is 12.4. The van der Waals surface area contributed by atoms with E-state index in [4.69, 9.17) is 4.74 Å². The highest BCUT2D eigenvalue weighted by Crippen LogP contribution is 2.46. The van der Waals surface area contributed by atoms with E-state index < -0.39 is 65.0 Å². The number of aliphatic hydroxyl groups excluding tert-OH is 1. The summed E-state index contributed by atoms with van der Waals surface area (Å²) in [6.45, 7) is 4.31. The predicted molar refractivity (Wildman–Crippen MR) is 167 cm³/mol. The van der Waals surface area contributed by atoms with E-state index in [1.807, 2.05) is 0 Å². The van der Waals surface area contributed by atoms with Gasteiger partial charge in [-0.3, -0.25) is 14.4 Å². The van der Waals surface area contributed by atoms with Crippen LogP contribution in [0.15, 0.2) is 72.8 Å². The van der Waals surface area contributed by atoms with Crippen LogP contribution in [0.4, 0.5) is 8.78 Å². The molecule has 244 valence electrons. The number of amides is 3. The monoisotopic (exact) mass is 655 g/mol. The van der Waals surface area contributed by atoms with Gasteiger partial charge in [-0.05, 0) is 65.9 Å². The second kappa shape index (κ2) is 14.7. The highest BCUT2D eigenvalue weighted by Gasteiger charge is 2.56. The van der Waals surface area contributed by atoms with Gasteiger partial charge >= 0.3 is 5.97 Å². The number of carbonyl (C=O) groups excluding carboxylic acids is 3. The molecule has 5 N–H and O–H groups in total. The number of halogens is 2. The molecule has 0 bridgehead atoms. The zero-order valence-electron chi connectivity index (χ0n) is 25.3. The smallest absolute Gasteiger partial charge is 0.326 e. The Morgan fingerprint density at radius 1 is 0.913 bits per heavy atom. The van der Waals surface area contributed by atoms with Gasteiger partial charge in [0.15, 0.2) is 6.61 Å². The number of carboxylic acid groups (broad SMARTS) is 1. The van der Waals surface area contributed by atoms with Crippen molar-refractivity contribution in [3.63, 3.8) is 0 Å². The molecule has 1 heterocycles. The highest BCUT2D eigenvalue weighted by molar-refractivity contribution is 8.00. The number of hydrogen-bond acceptors (Lipinski definition) is 7. The van der Waals surface area contributed by atoms with Crippen molar-refractivity contribution in [2.75, 3.05) is 12.4 Å². The van der Waals surface area contributed by atoms with E-state index in [1.165, 1.54) is 55.1 Å². The van der Waals surface area contributed by atoms with E-state index >= 15 is 0 Å². The molecule has 0 saturated carbocycles. The van der Waals surface area contributed by atoms with Gasteiger partial charge in [0.05, 0.1) is 6.10 Å². The third-order valence-corrected chi connectivity index (χ3v) is 9.02. The molecule has 1 unspecified atom stereocenters. The standard InChI is InChI=1S/C33H35F2N3O7S/c1-18(2)28(32(43)44)37-30(41)19(3)36-27(40)16-45-25-14-8-22(9-15-25)33(21-6-12-24(35)13-7-21)29(31(42)38-33)46-17-26(39)20-4-10-23(34)11-5-20/h4-15,18-19,26,28-29,39H,16-17H2,1-3H3,(H,36,40)(H,37,41)(H,38,42)(H,43,44)/t19-,26?,28+,29-,33-/m0/s1. The molecule has 10 nitrogen and oxygen atoms in total. The molecule has 13 heteroatoms. The van der Waals surface area contributed by atoms with Crippen LogP contribution < -0.4 is 20.7 Å². The number of hydrogen-bond donors (Lipinski definition) is 5. The van der Waals surface area contributed by atoms with Gasteiger partial charge in [0.2, 0.25) is 11.8 Å². The summed E-state index contributed by atoms with van der Waals surface area (Å²) in [6, 6.07) is 15.7. The Bertz CT molecular complexity index is 1550. The summed E-state index contributed by atoms with van der Waals surface area (Å²) in [4.78, 5) is 49.1. The van der Waals surface area contributed by atoms with Crippen molar-refractivity contribution in [1.82, 2.24) is 16.0 Å². The Morgan fingerprint density at radius 2 is 1.46 bits per heavy atom. The Kier molecular flexibility index (Phi) is 11.0. The van der Waals surface area contributed by atoms with Crippen LogP contribution in [0.25, 0.3) is 0 Å². The molecule has 1 aliphatic heterocycles. The summed E-state index contributed by atoms with van der Waals surface area (Å²) >= 11 is 1.21. The number of ether oxygens (including phenoxy) is 1. The molecule has 0 aromatic heterocycles. The van der Waals surface area contributed by atoms with E-state index in [0.717, 1.165) is 0 Å². The van der Waals surface area contributed by atoms with Crippen molar-refractivity contribution < 1.29 is 42.9 Å². The molecule has 0 aliphatic carbocycles. The van der Waals surface area contributed by atoms with Crippen LogP contribution in [0.1, 0.15) is 43.6 Å². The number of β-lactam (4-membered cyclic amide) rings is 1. The molecule has 1 saturated heterocycles. The maximum Gasteiger partial charge on any atom is 0.326 e. The highest BCUT2D eigenvalue weighted by atomic mass is 32.2. The van der Waals surface area contributed by atoms with Crippen molar-refractivity contribution in [2.24, 2.45) is 5.92 Å². The zero-order valence-corrected chi connectivity index (χ0v) is 26.1. The molecule has 0 radical (unpaired) electrons. The fraction of sp³-hybridized carbons (Fsp3) is 0.333. The molecule has 0 spiro atoms. The predicted octanol–water partition coefficient (Wildman–Crippen LogP) is 3.28. The minimum atomic E-state index is -1.18. The molecule has 1 fully saturated rings. The summed E-state index contributed by atoms with van der Waals surface area (Å²) in [5.41, 5.74) is 0.694. The Balaban J connectivity index is 1.43. The van der Waals surface area contributed by atoms with E-state index in [9.17, 15) is 38.2 Å². The minimum Gasteiger partial charge on any atom is -0.484 e. The van der Waals surface area contributed by atoms with E-state index in [1.54, 1.807) is 50.2 Å². The third kappa shape index (κ3) is 7.83. The lowest BCUT2D eigenvalue weighted by molar-refractivity contribution is -0.143. The van der Waals surface area contributed by atoms with Crippen LogP contribution >= 0.6 is 11.8 Å².